The van der Waals surface area contributed by atoms with E-state index in [1.54, 1.807) is 0 Å². The van der Waals surface area contributed by atoms with Crippen LogP contribution in [0.25, 0.3) is 0 Å². The molecule has 26 valence electrons. The lowest BCUT2D eigenvalue weighted by Gasteiger charge is -2.06. The molecule has 2 aliphatic carbocycles. The summed E-state index contributed by atoms with van der Waals surface area (Å²) in [6.45, 7) is 0. The van der Waals surface area contributed by atoms with E-state index in [9.17, 15) is 0 Å². The number of hydrogen-bond acceptors (Lipinski definition) is 1. The lowest BCUT2D eigenvalue weighted by atomic mass is 10.2. The van der Waals surface area contributed by atoms with E-state index in [2.05, 4.69) is 5.32 Å². The van der Waals surface area contributed by atoms with Crippen molar-refractivity contribution in [3.8, 4) is 0 Å². The van der Waals surface area contributed by atoms with Gasteiger partial charge in [-0.15, -0.1) is 0 Å². The summed E-state index contributed by atoms with van der Waals surface area (Å²) in [5, 5.41) is 3.35. The summed E-state index contributed by atoms with van der Waals surface area (Å²) >= 11 is 0. The predicted molar refractivity (Wildman–Crippen MR) is 17.8 cm³/mol. The van der Waals surface area contributed by atoms with Crippen molar-refractivity contribution < 1.29 is 0 Å². The third-order valence-electron chi connectivity index (χ3n) is 2.29. The van der Waals surface area contributed by atoms with E-state index in [4.69, 9.17) is 0 Å². The molecule has 1 aliphatic heterocycles. The van der Waals surface area contributed by atoms with E-state index < -0.39 is 0 Å². The van der Waals surface area contributed by atoms with Crippen LogP contribution in [0.2, 0.25) is 0 Å². The van der Waals surface area contributed by atoms with Crippen LogP contribution in [0.5, 0.6) is 0 Å². The van der Waals surface area contributed by atoms with Gasteiger partial charge in [0, 0.05) is 11.1 Å². The second kappa shape index (κ2) is 0.155. The van der Waals surface area contributed by atoms with Gasteiger partial charge in [-0.25, -0.2) is 0 Å². The molecule has 1 saturated heterocycles. The Balaban J connectivity index is 2.58. The van der Waals surface area contributed by atoms with E-state index in [-0.39, 0.29) is 0 Å². The van der Waals surface area contributed by atoms with Gasteiger partial charge in [-0.3, -0.25) is 0 Å². The van der Waals surface area contributed by atoms with Crippen molar-refractivity contribution in [1.82, 2.24) is 5.32 Å². The maximum Gasteiger partial charge on any atom is 0.0407 e. The Morgan fingerprint density at radius 3 is 1.40 bits per heavy atom. The minimum absolute atomic E-state index is 0.812. The molecule has 1 N–H and O–H groups in total. The van der Waals surface area contributed by atoms with Crippen molar-refractivity contribution in [2.75, 3.05) is 0 Å². The first-order valence-corrected chi connectivity index (χ1v) is 2.16. The normalized spacial score (nSPS) is 91.2. The smallest absolute Gasteiger partial charge is 0.0407 e. The molecule has 0 spiro atoms. The van der Waals surface area contributed by atoms with Crippen LogP contribution in [-0.4, -0.2) is 11.1 Å². The second-order valence-electron chi connectivity index (χ2n) is 2.64. The summed E-state index contributed by atoms with van der Waals surface area (Å²) in [6, 6.07) is 0. The average Bonchev–Trinajstić information content (AvgIpc) is 1.30. The number of hydrogen-bond donors (Lipinski definition) is 1. The zero-order valence-electron chi connectivity index (χ0n) is 2.91. The monoisotopic (exact) mass is 67.0 g/mol. The Morgan fingerprint density at radius 2 is 1.40 bits per heavy atom. The molecule has 0 unspecified atom stereocenters. The van der Waals surface area contributed by atoms with Gasteiger partial charge in [-0.2, -0.15) is 0 Å². The first-order chi connectivity index (χ1) is 2.37. The summed E-state index contributed by atoms with van der Waals surface area (Å²) in [5.41, 5.74) is 1.62. The third kappa shape index (κ3) is 0.0346. The molecule has 0 aromatic heterocycles. The van der Waals surface area contributed by atoms with Crippen molar-refractivity contribution >= 4 is 0 Å². The maximum absolute atomic E-state index is 3.35. The van der Waals surface area contributed by atoms with Crippen LogP contribution in [0.1, 0.15) is 12.8 Å². The van der Waals surface area contributed by atoms with Crippen molar-refractivity contribution in [3.63, 3.8) is 0 Å². The molecule has 3 aliphatic rings. The quantitative estimate of drug-likeness (QED) is 0.392. The lowest BCUT2D eigenvalue weighted by molar-refractivity contribution is 0.515. The van der Waals surface area contributed by atoms with Crippen molar-refractivity contribution in [2.24, 2.45) is 0 Å². The molecule has 0 bridgehead atoms. The van der Waals surface area contributed by atoms with Crippen LogP contribution in [0.3, 0.4) is 0 Å². The Morgan fingerprint density at radius 1 is 1.20 bits per heavy atom. The van der Waals surface area contributed by atoms with Gasteiger partial charge in [0.05, 0.1) is 0 Å². The lowest BCUT2D eigenvalue weighted by Crippen LogP contribution is -2.22. The van der Waals surface area contributed by atoms with E-state index in [1.165, 1.54) is 12.8 Å². The fourth-order valence-corrected chi connectivity index (χ4v) is 1.28. The van der Waals surface area contributed by atoms with Crippen LogP contribution in [0.15, 0.2) is 0 Å². The minimum Gasteiger partial charge on any atom is -0.302 e. The van der Waals surface area contributed by atoms with Crippen molar-refractivity contribution in [3.05, 3.63) is 0 Å². The van der Waals surface area contributed by atoms with E-state index in [0.29, 0.717) is 0 Å². The Hall–Kier alpha value is -0.0400. The highest BCUT2D eigenvalue weighted by Gasteiger charge is 2.98. The standard InChI is InChI=1S/C4H5N/c1-3-2-4(1,3)5-3/h5H,1-2H2. The highest BCUT2D eigenvalue weighted by molar-refractivity contribution is 5.60. The molecule has 1 nitrogen and oxygen atoms in total. The predicted octanol–water partition coefficient (Wildman–Crippen LogP) is -0.125. The molecule has 0 aromatic rings. The van der Waals surface area contributed by atoms with Gasteiger partial charge in [-0.1, -0.05) is 0 Å². The van der Waals surface area contributed by atoms with E-state index >= 15 is 0 Å². The number of rotatable bonds is 0. The van der Waals surface area contributed by atoms with Gasteiger partial charge >= 0.3 is 0 Å². The molecule has 1 heteroatoms. The van der Waals surface area contributed by atoms with Crippen LogP contribution in [0.4, 0.5) is 0 Å². The van der Waals surface area contributed by atoms with Gasteiger partial charge < -0.3 is 5.32 Å². The molecule has 5 heavy (non-hydrogen) atoms. The molecule has 2 saturated carbocycles. The van der Waals surface area contributed by atoms with Crippen LogP contribution >= 0.6 is 0 Å². The molecule has 0 radical (unpaired) electrons. The third-order valence-corrected chi connectivity index (χ3v) is 2.29. The van der Waals surface area contributed by atoms with E-state index in [1.807, 2.05) is 0 Å². The first kappa shape index (κ1) is 1.61. The minimum atomic E-state index is 0.812. The van der Waals surface area contributed by atoms with Crippen molar-refractivity contribution in [1.29, 1.82) is 0 Å². The summed E-state index contributed by atoms with van der Waals surface area (Å²) in [7, 11) is 0. The largest absolute Gasteiger partial charge is 0.302 e. The zero-order valence-corrected chi connectivity index (χ0v) is 2.91. The summed E-state index contributed by atoms with van der Waals surface area (Å²) < 4.78 is 0. The van der Waals surface area contributed by atoms with E-state index in [0.717, 1.165) is 11.1 Å². The highest BCUT2D eigenvalue weighted by Crippen LogP contribution is 2.84. The van der Waals surface area contributed by atoms with Gasteiger partial charge in [0.15, 0.2) is 0 Å². The molecule has 0 atom stereocenters. The Labute approximate surface area is 30.4 Å². The summed E-state index contributed by atoms with van der Waals surface area (Å²) in [4.78, 5) is 0. The maximum atomic E-state index is 3.35. The average molecular weight is 67.1 g/mol. The Kier molecular flexibility index (Phi) is 0.0498. The molecule has 3 rings (SSSR count). The summed E-state index contributed by atoms with van der Waals surface area (Å²) in [6.07, 6.45) is 3.03. The second-order valence-corrected chi connectivity index (χ2v) is 2.64. The fraction of sp³-hybridized carbons (Fsp3) is 1.00. The van der Waals surface area contributed by atoms with Crippen LogP contribution in [0, 0.1) is 0 Å². The zero-order chi connectivity index (χ0) is 3.12. The van der Waals surface area contributed by atoms with Gasteiger partial charge in [-0.05, 0) is 12.8 Å². The number of nitrogens with one attached hydrogen (secondary N) is 1. The highest BCUT2D eigenvalue weighted by atomic mass is 15.5. The van der Waals surface area contributed by atoms with Gasteiger partial charge in [0.1, 0.15) is 0 Å². The molecule has 0 amide bonds. The molecular weight excluding hydrogens is 62.1 g/mol. The van der Waals surface area contributed by atoms with Gasteiger partial charge in [0.25, 0.3) is 0 Å². The first-order valence-electron chi connectivity index (χ1n) is 2.16. The SMILES string of the molecule is C1C23CC12N3. The Bertz CT molecular complexity index is 85.0. The topological polar surface area (TPSA) is 21.9 Å². The fourth-order valence-electron chi connectivity index (χ4n) is 1.28. The molecular formula is C4H5N. The summed E-state index contributed by atoms with van der Waals surface area (Å²) in [5.74, 6) is 0. The van der Waals surface area contributed by atoms with Crippen LogP contribution < -0.4 is 5.32 Å². The van der Waals surface area contributed by atoms with Crippen molar-refractivity contribution in [2.45, 2.75) is 23.9 Å². The van der Waals surface area contributed by atoms with Crippen LogP contribution in [-0.2, 0) is 0 Å². The molecule has 0 aromatic carbocycles. The molecule has 1 heterocycles. The van der Waals surface area contributed by atoms with Gasteiger partial charge in [0.2, 0.25) is 0 Å². The molecule has 3 fully saturated rings.